The van der Waals surface area contributed by atoms with Crippen molar-refractivity contribution in [2.75, 3.05) is 23.3 Å². The number of rotatable bonds is 4. The Labute approximate surface area is 180 Å². The maximum absolute atomic E-state index is 12.8. The SMILES string of the molecule is Cc1cc(NC(=O)c2cnn(-c3ccc(Cl)cc3)c2C)cnc1N1CCC(O)CC1. The van der Waals surface area contributed by atoms with Gasteiger partial charge in [-0.15, -0.1) is 0 Å². The third-order valence-electron chi connectivity index (χ3n) is 5.40. The number of hydrogen-bond donors (Lipinski definition) is 2. The smallest absolute Gasteiger partial charge is 0.259 e. The fourth-order valence-electron chi connectivity index (χ4n) is 3.72. The van der Waals surface area contributed by atoms with Crippen LogP contribution in [-0.2, 0) is 0 Å². The van der Waals surface area contributed by atoms with E-state index in [0.717, 1.165) is 48.7 Å². The third kappa shape index (κ3) is 4.17. The predicted molar refractivity (Wildman–Crippen MR) is 118 cm³/mol. The molecule has 0 bridgehead atoms. The molecule has 8 heteroatoms. The summed E-state index contributed by atoms with van der Waals surface area (Å²) in [6, 6.07) is 9.21. The van der Waals surface area contributed by atoms with E-state index in [0.29, 0.717) is 16.3 Å². The molecule has 3 heterocycles. The molecule has 1 aromatic carbocycles. The highest BCUT2D eigenvalue weighted by Crippen LogP contribution is 2.24. The van der Waals surface area contributed by atoms with Gasteiger partial charge in [0.05, 0.1) is 41.1 Å². The van der Waals surface area contributed by atoms with Gasteiger partial charge in [0.2, 0.25) is 0 Å². The lowest BCUT2D eigenvalue weighted by Crippen LogP contribution is -2.36. The summed E-state index contributed by atoms with van der Waals surface area (Å²) in [7, 11) is 0. The molecule has 0 spiro atoms. The standard InChI is InChI=1S/C22H24ClN5O2/c1-14-11-17(12-24-21(14)27-9-7-19(29)8-10-27)26-22(30)20-13-25-28(15(20)2)18-5-3-16(23)4-6-18/h3-6,11-13,19,29H,7-10H2,1-2H3,(H,26,30). The number of aliphatic hydroxyl groups is 1. The Balaban J connectivity index is 1.49. The number of nitrogens with zero attached hydrogens (tertiary/aromatic N) is 4. The Hall–Kier alpha value is -2.90. The number of aliphatic hydroxyl groups excluding tert-OH is 1. The molecular weight excluding hydrogens is 402 g/mol. The van der Waals surface area contributed by atoms with Crippen LogP contribution in [0.4, 0.5) is 11.5 Å². The van der Waals surface area contributed by atoms with Crippen LogP contribution >= 0.6 is 11.6 Å². The van der Waals surface area contributed by atoms with Crippen LogP contribution in [0, 0.1) is 13.8 Å². The van der Waals surface area contributed by atoms with Crippen molar-refractivity contribution in [3.05, 3.63) is 64.6 Å². The van der Waals surface area contributed by atoms with Gasteiger partial charge in [0.25, 0.3) is 5.91 Å². The Kier molecular flexibility index (Phi) is 5.74. The van der Waals surface area contributed by atoms with Gasteiger partial charge in [-0.1, -0.05) is 11.6 Å². The Morgan fingerprint density at radius 3 is 2.53 bits per heavy atom. The van der Waals surface area contributed by atoms with Gasteiger partial charge in [-0.3, -0.25) is 4.79 Å². The Morgan fingerprint density at radius 1 is 1.17 bits per heavy atom. The van der Waals surface area contributed by atoms with Crippen LogP contribution in [0.1, 0.15) is 34.5 Å². The predicted octanol–water partition coefficient (Wildman–Crippen LogP) is 3.75. The van der Waals surface area contributed by atoms with Crippen LogP contribution < -0.4 is 10.2 Å². The number of hydrogen-bond acceptors (Lipinski definition) is 5. The molecule has 3 aromatic rings. The number of piperidine rings is 1. The average molecular weight is 426 g/mol. The summed E-state index contributed by atoms with van der Waals surface area (Å²) in [6.07, 6.45) is 4.50. The van der Waals surface area contributed by atoms with E-state index in [1.54, 1.807) is 29.2 Å². The summed E-state index contributed by atoms with van der Waals surface area (Å²) in [5.74, 6) is 0.661. The second-order valence-electron chi connectivity index (χ2n) is 7.57. The zero-order valence-corrected chi connectivity index (χ0v) is 17.7. The molecule has 1 fully saturated rings. The number of carbonyl (C=O) groups excluding carboxylic acids is 1. The van der Waals surface area contributed by atoms with Gasteiger partial charge in [0.1, 0.15) is 5.82 Å². The molecule has 0 atom stereocenters. The first-order chi connectivity index (χ1) is 14.4. The molecule has 0 saturated carbocycles. The van der Waals surface area contributed by atoms with Crippen LogP contribution in [0.25, 0.3) is 5.69 Å². The zero-order chi connectivity index (χ0) is 21.3. The van der Waals surface area contributed by atoms with Crippen molar-refractivity contribution in [1.82, 2.24) is 14.8 Å². The molecule has 1 aliphatic heterocycles. The monoisotopic (exact) mass is 425 g/mol. The van der Waals surface area contributed by atoms with Crippen LogP contribution in [0.5, 0.6) is 0 Å². The molecule has 2 aromatic heterocycles. The highest BCUT2D eigenvalue weighted by molar-refractivity contribution is 6.30. The second kappa shape index (κ2) is 8.45. The van der Waals surface area contributed by atoms with Crippen LogP contribution in [-0.4, -0.2) is 45.0 Å². The lowest BCUT2D eigenvalue weighted by Gasteiger charge is -2.31. The number of pyridine rings is 1. The van der Waals surface area contributed by atoms with Gasteiger partial charge in [-0.25, -0.2) is 9.67 Å². The molecule has 0 aliphatic carbocycles. The van der Waals surface area contributed by atoms with Crippen LogP contribution in [0.3, 0.4) is 0 Å². The van der Waals surface area contributed by atoms with Gasteiger partial charge in [0, 0.05) is 18.1 Å². The first-order valence-corrected chi connectivity index (χ1v) is 10.3. The van der Waals surface area contributed by atoms with Crippen molar-refractivity contribution >= 4 is 29.0 Å². The number of anilines is 2. The van der Waals surface area contributed by atoms with Crippen LogP contribution in [0.2, 0.25) is 5.02 Å². The van der Waals surface area contributed by atoms with E-state index >= 15 is 0 Å². The Morgan fingerprint density at radius 2 is 1.87 bits per heavy atom. The summed E-state index contributed by atoms with van der Waals surface area (Å²) >= 11 is 5.95. The molecule has 1 amide bonds. The Bertz CT molecular complexity index is 1060. The first kappa shape index (κ1) is 20.4. The quantitative estimate of drug-likeness (QED) is 0.665. The van der Waals surface area contributed by atoms with Crippen molar-refractivity contribution in [1.29, 1.82) is 0 Å². The van der Waals surface area contributed by atoms with Crippen molar-refractivity contribution in [3.63, 3.8) is 0 Å². The number of halogens is 1. The summed E-state index contributed by atoms with van der Waals surface area (Å²) < 4.78 is 1.71. The highest BCUT2D eigenvalue weighted by atomic mass is 35.5. The largest absolute Gasteiger partial charge is 0.393 e. The van der Waals surface area contributed by atoms with E-state index < -0.39 is 0 Å². The van der Waals surface area contributed by atoms with E-state index in [-0.39, 0.29) is 12.0 Å². The zero-order valence-electron chi connectivity index (χ0n) is 17.0. The maximum Gasteiger partial charge on any atom is 0.259 e. The minimum absolute atomic E-state index is 0.225. The molecule has 7 nitrogen and oxygen atoms in total. The fourth-order valence-corrected chi connectivity index (χ4v) is 3.84. The topological polar surface area (TPSA) is 83.3 Å². The molecule has 0 unspecified atom stereocenters. The molecule has 4 rings (SSSR count). The maximum atomic E-state index is 12.8. The van der Waals surface area contributed by atoms with Crippen molar-refractivity contribution in [3.8, 4) is 5.69 Å². The number of carbonyl (C=O) groups is 1. The number of benzene rings is 1. The van der Waals surface area contributed by atoms with Gasteiger partial charge >= 0.3 is 0 Å². The number of aryl methyl sites for hydroxylation is 1. The summed E-state index contributed by atoms with van der Waals surface area (Å²) in [4.78, 5) is 19.5. The normalized spacial score (nSPS) is 14.7. The summed E-state index contributed by atoms with van der Waals surface area (Å²) in [5, 5.41) is 17.6. The van der Waals surface area contributed by atoms with Gasteiger partial charge in [0.15, 0.2) is 0 Å². The van der Waals surface area contributed by atoms with Crippen LogP contribution in [0.15, 0.2) is 42.7 Å². The van der Waals surface area contributed by atoms with Crippen molar-refractivity contribution < 1.29 is 9.90 Å². The lowest BCUT2D eigenvalue weighted by molar-refractivity contribution is 0.102. The fraction of sp³-hybridized carbons (Fsp3) is 0.318. The van der Waals surface area contributed by atoms with E-state index in [1.807, 2.05) is 32.0 Å². The summed E-state index contributed by atoms with van der Waals surface area (Å²) in [5.41, 5.74) is 3.69. The molecule has 1 saturated heterocycles. The molecule has 30 heavy (non-hydrogen) atoms. The number of aromatic nitrogens is 3. The summed E-state index contributed by atoms with van der Waals surface area (Å²) in [6.45, 7) is 5.40. The van der Waals surface area contributed by atoms with E-state index in [4.69, 9.17) is 11.6 Å². The van der Waals surface area contributed by atoms with Gasteiger partial charge < -0.3 is 15.3 Å². The third-order valence-corrected chi connectivity index (χ3v) is 5.65. The first-order valence-electron chi connectivity index (χ1n) is 9.94. The van der Waals surface area contributed by atoms with E-state index in [1.165, 1.54) is 0 Å². The molecule has 1 aliphatic rings. The molecule has 0 radical (unpaired) electrons. The van der Waals surface area contributed by atoms with Gasteiger partial charge in [-0.2, -0.15) is 5.10 Å². The van der Waals surface area contributed by atoms with Crippen molar-refractivity contribution in [2.45, 2.75) is 32.8 Å². The van der Waals surface area contributed by atoms with Crippen molar-refractivity contribution in [2.24, 2.45) is 0 Å². The average Bonchev–Trinajstić information content (AvgIpc) is 3.11. The number of amides is 1. The minimum atomic E-state index is -0.234. The lowest BCUT2D eigenvalue weighted by atomic mass is 10.1. The molecule has 2 N–H and O–H groups in total. The molecule has 156 valence electrons. The van der Waals surface area contributed by atoms with E-state index in [9.17, 15) is 9.90 Å². The number of nitrogens with one attached hydrogen (secondary N) is 1. The minimum Gasteiger partial charge on any atom is -0.393 e. The second-order valence-corrected chi connectivity index (χ2v) is 8.01. The molecular formula is C22H24ClN5O2. The highest BCUT2D eigenvalue weighted by Gasteiger charge is 2.20. The van der Waals surface area contributed by atoms with E-state index in [2.05, 4.69) is 20.3 Å². The van der Waals surface area contributed by atoms with Gasteiger partial charge in [-0.05, 0) is 62.6 Å².